The molecule has 0 saturated carbocycles. The lowest BCUT2D eigenvalue weighted by atomic mass is 10.0. The highest BCUT2D eigenvalue weighted by Gasteiger charge is 2.20. The minimum Gasteiger partial charge on any atom is -0.496 e. The fraction of sp³-hybridized carbons (Fsp3) is 0.0800. The lowest BCUT2D eigenvalue weighted by Crippen LogP contribution is -2.21. The van der Waals surface area contributed by atoms with E-state index >= 15 is 0 Å². The number of carbonyl (C=O) groups excluding carboxylic acids is 2. The number of nitro benzene ring substituents is 1. The zero-order valence-electron chi connectivity index (χ0n) is 18.1. The van der Waals surface area contributed by atoms with E-state index in [9.17, 15) is 19.7 Å². The maximum absolute atomic E-state index is 12.9. The number of anilines is 1. The first-order valence-corrected chi connectivity index (χ1v) is 10.2. The number of nitro groups is 1. The summed E-state index contributed by atoms with van der Waals surface area (Å²) >= 11 is 0. The average molecular weight is 457 g/mol. The van der Waals surface area contributed by atoms with Crippen LogP contribution in [0.3, 0.4) is 0 Å². The van der Waals surface area contributed by atoms with Crippen LogP contribution in [0.15, 0.2) is 78.9 Å². The summed E-state index contributed by atoms with van der Waals surface area (Å²) in [6.07, 6.45) is 0. The summed E-state index contributed by atoms with van der Waals surface area (Å²) in [4.78, 5) is 40.6. The number of hydrogen-bond acceptors (Lipinski definition) is 7. The Balaban J connectivity index is 1.54. The molecular formula is C25H19N3O6. The highest BCUT2D eigenvalue weighted by atomic mass is 16.6. The van der Waals surface area contributed by atoms with E-state index in [0.717, 1.165) is 5.56 Å². The normalized spacial score (nSPS) is 10.5. The predicted molar refractivity (Wildman–Crippen MR) is 126 cm³/mol. The van der Waals surface area contributed by atoms with Gasteiger partial charge in [0.05, 0.1) is 34.9 Å². The summed E-state index contributed by atoms with van der Waals surface area (Å²) in [5.74, 6) is -1.16. The molecule has 0 fully saturated rings. The standard InChI is InChI=1S/C25H19N3O6/c1-33-17-11-12-21(23(13-17)28(31)32)27-24(29)15-34-25(30)19-14-22(16-7-3-2-4-8-16)26-20-10-6-5-9-18(19)20/h2-14H,15H2,1H3,(H,27,29). The van der Waals surface area contributed by atoms with E-state index in [2.05, 4.69) is 10.3 Å². The molecule has 9 nitrogen and oxygen atoms in total. The van der Waals surface area contributed by atoms with E-state index in [4.69, 9.17) is 9.47 Å². The molecule has 0 aliphatic rings. The zero-order chi connectivity index (χ0) is 24.1. The third-order valence-corrected chi connectivity index (χ3v) is 5.02. The number of hydrogen-bond donors (Lipinski definition) is 1. The summed E-state index contributed by atoms with van der Waals surface area (Å²) in [5.41, 5.74) is 1.90. The SMILES string of the molecule is COc1ccc(NC(=O)COC(=O)c2cc(-c3ccccc3)nc3ccccc23)c([N+](=O)[O-])c1. The minimum absolute atomic E-state index is 0.0347. The number of methoxy groups -OCH3 is 1. The van der Waals surface area contributed by atoms with Crippen LogP contribution < -0.4 is 10.1 Å². The van der Waals surface area contributed by atoms with E-state index in [1.807, 2.05) is 36.4 Å². The molecule has 0 saturated heterocycles. The highest BCUT2D eigenvalue weighted by molar-refractivity contribution is 6.05. The first-order valence-electron chi connectivity index (χ1n) is 10.2. The Kier molecular flexibility index (Phi) is 6.45. The van der Waals surface area contributed by atoms with Crippen molar-refractivity contribution in [2.75, 3.05) is 19.0 Å². The van der Waals surface area contributed by atoms with Gasteiger partial charge in [-0.2, -0.15) is 0 Å². The highest BCUT2D eigenvalue weighted by Crippen LogP contribution is 2.29. The number of esters is 1. The van der Waals surface area contributed by atoms with Crippen molar-refractivity contribution in [2.45, 2.75) is 0 Å². The number of benzene rings is 3. The van der Waals surface area contributed by atoms with Gasteiger partial charge < -0.3 is 14.8 Å². The number of pyridine rings is 1. The van der Waals surface area contributed by atoms with Crippen LogP contribution in [0.5, 0.6) is 5.75 Å². The molecule has 34 heavy (non-hydrogen) atoms. The van der Waals surface area contributed by atoms with Crippen LogP contribution in [-0.4, -0.2) is 35.5 Å². The first kappa shape index (κ1) is 22.4. The van der Waals surface area contributed by atoms with Gasteiger partial charge >= 0.3 is 5.97 Å². The Hall–Kier alpha value is -4.79. The van der Waals surface area contributed by atoms with E-state index < -0.39 is 23.4 Å². The molecule has 0 radical (unpaired) electrons. The van der Waals surface area contributed by atoms with Crippen LogP contribution in [0.4, 0.5) is 11.4 Å². The third-order valence-electron chi connectivity index (χ3n) is 5.02. The second-order valence-corrected chi connectivity index (χ2v) is 7.20. The van der Waals surface area contributed by atoms with Gasteiger partial charge in [-0.05, 0) is 24.3 Å². The molecule has 1 N–H and O–H groups in total. The Morgan fingerprint density at radius 3 is 2.47 bits per heavy atom. The summed E-state index contributed by atoms with van der Waals surface area (Å²) in [6.45, 7) is -0.626. The van der Waals surface area contributed by atoms with E-state index in [-0.39, 0.29) is 22.7 Å². The fourth-order valence-electron chi connectivity index (χ4n) is 3.39. The lowest BCUT2D eigenvalue weighted by molar-refractivity contribution is -0.384. The Morgan fingerprint density at radius 2 is 1.74 bits per heavy atom. The molecular weight excluding hydrogens is 438 g/mol. The molecule has 0 atom stereocenters. The molecule has 1 aromatic heterocycles. The molecule has 4 rings (SSSR count). The Labute approximate surface area is 194 Å². The van der Waals surface area contributed by atoms with Gasteiger partial charge in [-0.25, -0.2) is 9.78 Å². The molecule has 0 aliphatic heterocycles. The second kappa shape index (κ2) is 9.78. The molecule has 170 valence electrons. The van der Waals surface area contributed by atoms with Crippen LogP contribution in [0.25, 0.3) is 22.2 Å². The number of fused-ring (bicyclic) bond motifs is 1. The van der Waals surface area contributed by atoms with Crippen LogP contribution in [0.2, 0.25) is 0 Å². The van der Waals surface area contributed by atoms with Crippen molar-refractivity contribution in [3.63, 3.8) is 0 Å². The molecule has 9 heteroatoms. The quantitative estimate of drug-likeness (QED) is 0.244. The number of amides is 1. The molecule has 1 amide bonds. The summed E-state index contributed by atoms with van der Waals surface area (Å²) in [6, 6.07) is 22.1. The number of aromatic nitrogens is 1. The number of carbonyl (C=O) groups is 2. The Morgan fingerprint density at radius 1 is 1.00 bits per heavy atom. The van der Waals surface area contributed by atoms with Gasteiger partial charge in [-0.3, -0.25) is 14.9 Å². The fourth-order valence-corrected chi connectivity index (χ4v) is 3.39. The van der Waals surface area contributed by atoms with E-state index in [1.54, 1.807) is 24.3 Å². The number of nitrogens with zero attached hydrogens (tertiary/aromatic N) is 2. The van der Waals surface area contributed by atoms with Crippen LogP contribution >= 0.6 is 0 Å². The maximum Gasteiger partial charge on any atom is 0.339 e. The largest absolute Gasteiger partial charge is 0.496 e. The van der Waals surface area contributed by atoms with Gasteiger partial charge in [0, 0.05) is 10.9 Å². The summed E-state index contributed by atoms with van der Waals surface area (Å²) in [5, 5.41) is 14.3. The van der Waals surface area contributed by atoms with E-state index in [0.29, 0.717) is 16.6 Å². The van der Waals surface area contributed by atoms with Crippen molar-refractivity contribution in [3.8, 4) is 17.0 Å². The Bertz CT molecular complexity index is 1390. The van der Waals surface area contributed by atoms with Crippen LogP contribution in [0.1, 0.15) is 10.4 Å². The predicted octanol–water partition coefficient (Wildman–Crippen LogP) is 4.61. The second-order valence-electron chi connectivity index (χ2n) is 7.20. The summed E-state index contributed by atoms with van der Waals surface area (Å²) < 4.78 is 10.2. The first-order chi connectivity index (χ1) is 16.5. The monoisotopic (exact) mass is 457 g/mol. The van der Waals surface area contributed by atoms with E-state index in [1.165, 1.54) is 25.3 Å². The van der Waals surface area contributed by atoms with Crippen molar-refractivity contribution >= 4 is 34.2 Å². The average Bonchev–Trinajstić information content (AvgIpc) is 2.87. The molecule has 0 aliphatic carbocycles. The van der Waals surface area contributed by atoms with Gasteiger partial charge in [0.15, 0.2) is 6.61 Å². The van der Waals surface area contributed by atoms with Gasteiger partial charge in [-0.15, -0.1) is 0 Å². The number of rotatable bonds is 7. The topological polar surface area (TPSA) is 121 Å². The van der Waals surface area contributed by atoms with Gasteiger partial charge in [0.2, 0.25) is 0 Å². The third kappa shape index (κ3) is 4.83. The molecule has 0 unspecified atom stereocenters. The van der Waals surface area contributed by atoms with Gasteiger partial charge in [0.25, 0.3) is 11.6 Å². The zero-order valence-corrected chi connectivity index (χ0v) is 18.1. The molecule has 0 bridgehead atoms. The molecule has 3 aromatic carbocycles. The van der Waals surface area contributed by atoms with Crippen molar-refractivity contribution < 1.29 is 24.0 Å². The number of nitrogens with one attached hydrogen (secondary N) is 1. The molecule has 0 spiro atoms. The van der Waals surface area contributed by atoms with Crippen LogP contribution in [-0.2, 0) is 9.53 Å². The van der Waals surface area contributed by atoms with Gasteiger partial charge in [0.1, 0.15) is 11.4 Å². The smallest absolute Gasteiger partial charge is 0.339 e. The minimum atomic E-state index is -0.719. The number of para-hydroxylation sites is 1. The lowest BCUT2D eigenvalue weighted by Gasteiger charge is -2.11. The molecule has 4 aromatic rings. The van der Waals surface area contributed by atoms with Crippen molar-refractivity contribution in [3.05, 3.63) is 94.5 Å². The van der Waals surface area contributed by atoms with Crippen molar-refractivity contribution in [1.29, 1.82) is 0 Å². The maximum atomic E-state index is 12.9. The number of ether oxygens (including phenoxy) is 2. The van der Waals surface area contributed by atoms with Crippen molar-refractivity contribution in [1.82, 2.24) is 4.98 Å². The van der Waals surface area contributed by atoms with Gasteiger partial charge in [-0.1, -0.05) is 48.5 Å². The van der Waals surface area contributed by atoms with Crippen molar-refractivity contribution in [2.24, 2.45) is 0 Å². The molecule has 1 heterocycles. The summed E-state index contributed by atoms with van der Waals surface area (Å²) in [7, 11) is 1.38. The van der Waals surface area contributed by atoms with Crippen LogP contribution in [0, 0.1) is 10.1 Å².